The van der Waals surface area contributed by atoms with E-state index in [4.69, 9.17) is 21.1 Å². The molecular formula is C24H29ClFN3O5. The van der Waals surface area contributed by atoms with Crippen LogP contribution >= 0.6 is 11.6 Å². The molecule has 0 spiro atoms. The number of benzene rings is 2. The van der Waals surface area contributed by atoms with Crippen LogP contribution in [0.4, 0.5) is 10.1 Å². The van der Waals surface area contributed by atoms with Crippen molar-refractivity contribution in [3.63, 3.8) is 0 Å². The maximum atomic E-state index is 13.4. The van der Waals surface area contributed by atoms with Crippen molar-refractivity contribution in [1.29, 1.82) is 0 Å². The summed E-state index contributed by atoms with van der Waals surface area (Å²) in [6.07, 6.45) is -2.16. The highest BCUT2D eigenvalue weighted by Crippen LogP contribution is 2.31. The summed E-state index contributed by atoms with van der Waals surface area (Å²) >= 11 is 5.78. The molecule has 10 heteroatoms. The first-order valence-corrected chi connectivity index (χ1v) is 11.6. The van der Waals surface area contributed by atoms with E-state index in [-0.39, 0.29) is 23.7 Å². The third-order valence-electron chi connectivity index (χ3n) is 6.45. The van der Waals surface area contributed by atoms with E-state index in [1.807, 2.05) is 24.3 Å². The fraction of sp³-hybridized carbons (Fsp3) is 0.458. The standard InChI is InChI=1S/C24H29ClFN3O5/c1-33-19-5-3-2-4-18(19)28-8-10-29(11-9-28)22-20(34-21(14-30)23(22)31)13-27-24(32)15-6-7-17(26)16(25)12-15/h2-7,12,20-23,30-31H,8-11,13-14H2,1H3,(H,27,32)/t20-,21+,22+,23-/m1/s1. The lowest BCUT2D eigenvalue weighted by Crippen LogP contribution is -2.57. The number of anilines is 1. The summed E-state index contributed by atoms with van der Waals surface area (Å²) in [5, 5.41) is 23.2. The first-order chi connectivity index (χ1) is 16.4. The minimum absolute atomic E-state index is 0.124. The van der Waals surface area contributed by atoms with Crippen LogP contribution in [0.1, 0.15) is 10.4 Å². The van der Waals surface area contributed by atoms with E-state index in [1.165, 1.54) is 12.1 Å². The quantitative estimate of drug-likeness (QED) is 0.538. The summed E-state index contributed by atoms with van der Waals surface area (Å²) in [7, 11) is 1.65. The number of para-hydroxylation sites is 2. The van der Waals surface area contributed by atoms with Crippen molar-refractivity contribution < 1.29 is 28.9 Å². The minimum Gasteiger partial charge on any atom is -0.495 e. The number of amides is 1. The maximum Gasteiger partial charge on any atom is 0.251 e. The molecule has 2 fully saturated rings. The van der Waals surface area contributed by atoms with E-state index in [0.717, 1.165) is 30.6 Å². The van der Waals surface area contributed by atoms with Crippen LogP contribution in [0, 0.1) is 5.82 Å². The second-order valence-electron chi connectivity index (χ2n) is 8.41. The molecule has 2 aliphatic rings. The number of carbonyl (C=O) groups excluding carboxylic acids is 1. The van der Waals surface area contributed by atoms with Gasteiger partial charge in [-0.1, -0.05) is 23.7 Å². The Bertz CT molecular complexity index is 1000. The Balaban J connectivity index is 1.41. The molecule has 184 valence electrons. The van der Waals surface area contributed by atoms with Gasteiger partial charge in [-0.05, 0) is 30.3 Å². The first kappa shape index (κ1) is 24.7. The van der Waals surface area contributed by atoms with Gasteiger partial charge in [0.05, 0.1) is 36.6 Å². The number of carbonyl (C=O) groups is 1. The Morgan fingerprint density at radius 2 is 1.94 bits per heavy atom. The second-order valence-corrected chi connectivity index (χ2v) is 8.82. The summed E-state index contributed by atoms with van der Waals surface area (Å²) < 4.78 is 24.8. The Morgan fingerprint density at radius 1 is 1.21 bits per heavy atom. The molecule has 0 aromatic heterocycles. The van der Waals surface area contributed by atoms with Crippen LogP contribution in [-0.4, -0.2) is 91.8 Å². The van der Waals surface area contributed by atoms with E-state index < -0.39 is 36.1 Å². The molecule has 0 bridgehead atoms. The predicted molar refractivity (Wildman–Crippen MR) is 126 cm³/mol. The third-order valence-corrected chi connectivity index (χ3v) is 6.74. The number of hydrogen-bond donors (Lipinski definition) is 3. The van der Waals surface area contributed by atoms with Gasteiger partial charge in [0.15, 0.2) is 0 Å². The maximum absolute atomic E-state index is 13.4. The van der Waals surface area contributed by atoms with Gasteiger partial charge >= 0.3 is 0 Å². The first-order valence-electron chi connectivity index (χ1n) is 11.2. The molecular weight excluding hydrogens is 465 g/mol. The Labute approximate surface area is 202 Å². The minimum atomic E-state index is -0.898. The zero-order valence-electron chi connectivity index (χ0n) is 18.9. The van der Waals surface area contributed by atoms with Crippen molar-refractivity contribution >= 4 is 23.2 Å². The summed E-state index contributed by atoms with van der Waals surface area (Å²) in [6.45, 7) is 2.58. The van der Waals surface area contributed by atoms with Crippen LogP contribution in [0.3, 0.4) is 0 Å². The molecule has 4 rings (SSSR count). The van der Waals surface area contributed by atoms with Crippen LogP contribution in [-0.2, 0) is 4.74 Å². The molecule has 0 aliphatic carbocycles. The second kappa shape index (κ2) is 10.9. The lowest BCUT2D eigenvalue weighted by Gasteiger charge is -2.41. The monoisotopic (exact) mass is 493 g/mol. The molecule has 2 heterocycles. The normalized spacial score (nSPS) is 25.4. The van der Waals surface area contributed by atoms with Crippen molar-refractivity contribution in [2.24, 2.45) is 0 Å². The molecule has 2 aliphatic heterocycles. The number of nitrogens with one attached hydrogen (secondary N) is 1. The predicted octanol–water partition coefficient (Wildman–Crippen LogP) is 1.53. The van der Waals surface area contributed by atoms with Crippen molar-refractivity contribution in [2.75, 3.05) is 51.3 Å². The van der Waals surface area contributed by atoms with Crippen LogP contribution in [0.25, 0.3) is 0 Å². The highest BCUT2D eigenvalue weighted by atomic mass is 35.5. The van der Waals surface area contributed by atoms with Crippen LogP contribution in [0.5, 0.6) is 5.75 Å². The fourth-order valence-corrected chi connectivity index (χ4v) is 4.86. The van der Waals surface area contributed by atoms with Crippen molar-refractivity contribution in [3.05, 3.63) is 58.9 Å². The highest BCUT2D eigenvalue weighted by molar-refractivity contribution is 6.31. The van der Waals surface area contributed by atoms with E-state index in [0.29, 0.717) is 13.1 Å². The van der Waals surface area contributed by atoms with E-state index >= 15 is 0 Å². The number of nitrogens with zero attached hydrogens (tertiary/aromatic N) is 2. The Kier molecular flexibility index (Phi) is 7.90. The van der Waals surface area contributed by atoms with Crippen LogP contribution in [0.15, 0.2) is 42.5 Å². The molecule has 3 N–H and O–H groups in total. The summed E-state index contributed by atoms with van der Waals surface area (Å²) in [5.74, 6) is -0.215. The van der Waals surface area contributed by atoms with Gasteiger partial charge in [0.2, 0.25) is 0 Å². The number of aliphatic hydroxyl groups excluding tert-OH is 2. The Morgan fingerprint density at radius 3 is 2.62 bits per heavy atom. The van der Waals surface area contributed by atoms with Gasteiger partial charge in [0.1, 0.15) is 23.8 Å². The molecule has 34 heavy (non-hydrogen) atoms. The summed E-state index contributed by atoms with van der Waals surface area (Å²) in [5.41, 5.74) is 1.24. The molecule has 2 saturated heterocycles. The molecule has 0 saturated carbocycles. The number of ether oxygens (including phenoxy) is 2. The smallest absolute Gasteiger partial charge is 0.251 e. The van der Waals surface area contributed by atoms with Gasteiger partial charge in [-0.25, -0.2) is 4.39 Å². The van der Waals surface area contributed by atoms with Gasteiger partial charge in [0.25, 0.3) is 5.91 Å². The number of piperazine rings is 1. The molecule has 2 aromatic rings. The van der Waals surface area contributed by atoms with Crippen molar-refractivity contribution in [3.8, 4) is 5.75 Å². The average molecular weight is 494 g/mol. The largest absolute Gasteiger partial charge is 0.495 e. The van der Waals surface area contributed by atoms with E-state index in [9.17, 15) is 19.4 Å². The number of hydrogen-bond acceptors (Lipinski definition) is 7. The zero-order chi connectivity index (χ0) is 24.2. The lowest BCUT2D eigenvalue weighted by atomic mass is 10.0. The number of rotatable bonds is 7. The molecule has 4 atom stereocenters. The fourth-order valence-electron chi connectivity index (χ4n) is 4.68. The number of halogens is 2. The topological polar surface area (TPSA) is 94.5 Å². The Hall–Kier alpha value is -2.43. The van der Waals surface area contributed by atoms with Gasteiger partial charge in [-0.3, -0.25) is 9.69 Å². The molecule has 1 amide bonds. The molecule has 0 unspecified atom stereocenters. The van der Waals surface area contributed by atoms with Crippen LogP contribution < -0.4 is 15.0 Å². The number of methoxy groups -OCH3 is 1. The zero-order valence-corrected chi connectivity index (χ0v) is 19.6. The highest BCUT2D eigenvalue weighted by Gasteiger charge is 2.46. The molecule has 8 nitrogen and oxygen atoms in total. The van der Waals surface area contributed by atoms with E-state index in [1.54, 1.807) is 7.11 Å². The van der Waals surface area contributed by atoms with Gasteiger partial charge < -0.3 is 29.9 Å². The van der Waals surface area contributed by atoms with Gasteiger partial charge in [-0.15, -0.1) is 0 Å². The summed E-state index contributed by atoms with van der Waals surface area (Å²) in [4.78, 5) is 16.9. The van der Waals surface area contributed by atoms with Crippen molar-refractivity contribution in [1.82, 2.24) is 10.2 Å². The van der Waals surface area contributed by atoms with Gasteiger partial charge in [0, 0.05) is 38.3 Å². The average Bonchev–Trinajstić information content (AvgIpc) is 3.19. The van der Waals surface area contributed by atoms with Gasteiger partial charge in [-0.2, -0.15) is 0 Å². The molecule has 0 radical (unpaired) electrons. The lowest BCUT2D eigenvalue weighted by molar-refractivity contribution is -0.0209. The third kappa shape index (κ3) is 5.13. The molecule has 2 aromatic carbocycles. The summed E-state index contributed by atoms with van der Waals surface area (Å²) in [6, 6.07) is 11.2. The number of aliphatic hydroxyl groups is 2. The van der Waals surface area contributed by atoms with Crippen molar-refractivity contribution in [2.45, 2.75) is 24.4 Å². The van der Waals surface area contributed by atoms with E-state index in [2.05, 4.69) is 15.1 Å². The van der Waals surface area contributed by atoms with Crippen LogP contribution in [0.2, 0.25) is 5.02 Å². The SMILES string of the molecule is COc1ccccc1N1CCN([C@@H]2[C@H](O)[C@H](CO)O[C@@H]2CNC(=O)c2ccc(F)c(Cl)c2)CC1.